The number of ether oxygens (including phenoxy) is 2. The Hall–Kier alpha value is -3.92. The number of amides is 3. The summed E-state index contributed by atoms with van der Waals surface area (Å²) < 4.78 is 100. The zero-order valence-electron chi connectivity index (χ0n) is 24.5. The highest BCUT2D eigenvalue weighted by Gasteiger charge is 2.75. The Bertz CT molecular complexity index is 1560. The normalized spacial score (nSPS) is 13.8. The topological polar surface area (TPSA) is 76.2 Å². The third-order valence-corrected chi connectivity index (χ3v) is 9.93. The molecular weight excluding hydrogens is 733 g/mol. The summed E-state index contributed by atoms with van der Waals surface area (Å²) >= 11 is -1.60. The standard InChI is InChI=1S/C32H28F6IN2O5/c1-40(27(42)16-17-41-28(43)14-15-29(41)44)19-22-8-13-26(39-23-9-11-24(45-2)12-10-23)25(18-22)30(31(33,34)35,32(36,37)38)46-20-21-6-4-3-5-7-21/h3-15,18H,16-17,19-20H2,1-2H3/q+1. The molecule has 3 aromatic rings. The van der Waals surface area contributed by atoms with E-state index in [4.69, 9.17) is 9.47 Å². The second kappa shape index (κ2) is 14.2. The quantitative estimate of drug-likeness (QED) is 0.161. The first-order chi connectivity index (χ1) is 21.7. The zero-order valence-corrected chi connectivity index (χ0v) is 26.7. The summed E-state index contributed by atoms with van der Waals surface area (Å²) in [6.45, 7) is -1.56. The number of hydrogen-bond donors (Lipinski definition) is 0. The number of carbonyl (C=O) groups excluding carboxylic acids is 3. The van der Waals surface area contributed by atoms with Crippen LogP contribution in [0.3, 0.4) is 0 Å². The summed E-state index contributed by atoms with van der Waals surface area (Å²) in [5.74, 6) is -1.29. The van der Waals surface area contributed by atoms with Crippen LogP contribution in [-0.2, 0) is 37.9 Å². The van der Waals surface area contributed by atoms with Gasteiger partial charge >= 0.3 is 33.6 Å². The van der Waals surface area contributed by atoms with Gasteiger partial charge in [0, 0.05) is 38.7 Å². The van der Waals surface area contributed by atoms with Gasteiger partial charge in [0.25, 0.3) is 17.4 Å². The Balaban J connectivity index is 1.74. The molecule has 0 bridgehead atoms. The average Bonchev–Trinajstić information content (AvgIpc) is 3.33. The molecule has 1 aliphatic heterocycles. The van der Waals surface area contributed by atoms with E-state index in [0.717, 1.165) is 28.0 Å². The maximum Gasteiger partial charge on any atom is 0.431 e. The van der Waals surface area contributed by atoms with Crippen molar-refractivity contribution in [2.24, 2.45) is 0 Å². The van der Waals surface area contributed by atoms with Gasteiger partial charge in [-0.15, -0.1) is 0 Å². The summed E-state index contributed by atoms with van der Waals surface area (Å²) in [5, 5.41) is 0. The van der Waals surface area contributed by atoms with Crippen molar-refractivity contribution in [1.82, 2.24) is 9.80 Å². The van der Waals surface area contributed by atoms with Crippen molar-refractivity contribution in [3.63, 3.8) is 0 Å². The molecule has 0 N–H and O–H groups in total. The fraction of sp³-hybridized carbons (Fsp3) is 0.281. The summed E-state index contributed by atoms with van der Waals surface area (Å²) in [7, 11) is 2.75. The van der Waals surface area contributed by atoms with Crippen LogP contribution in [0.4, 0.5) is 26.3 Å². The van der Waals surface area contributed by atoms with Crippen LogP contribution in [0.5, 0.6) is 5.75 Å². The number of rotatable bonds is 12. The van der Waals surface area contributed by atoms with Crippen molar-refractivity contribution in [1.29, 1.82) is 0 Å². The largest absolute Gasteiger partial charge is 0.497 e. The van der Waals surface area contributed by atoms with E-state index in [1.807, 2.05) is 0 Å². The van der Waals surface area contributed by atoms with Gasteiger partial charge in [0.15, 0.2) is 3.57 Å². The molecule has 0 radical (unpaired) electrons. The summed E-state index contributed by atoms with van der Waals surface area (Å²) in [6, 6.07) is 16.9. The van der Waals surface area contributed by atoms with Crippen LogP contribution >= 0.6 is 0 Å². The van der Waals surface area contributed by atoms with Crippen molar-refractivity contribution in [2.45, 2.75) is 37.5 Å². The lowest BCUT2D eigenvalue weighted by Gasteiger charge is -2.37. The first-order valence-corrected chi connectivity index (χ1v) is 15.8. The maximum absolute atomic E-state index is 14.9. The molecule has 0 atom stereocenters. The molecule has 46 heavy (non-hydrogen) atoms. The minimum Gasteiger partial charge on any atom is -0.497 e. The molecule has 0 fully saturated rings. The molecule has 0 aromatic heterocycles. The van der Waals surface area contributed by atoms with Gasteiger partial charge in [-0.1, -0.05) is 36.4 Å². The van der Waals surface area contributed by atoms with E-state index in [1.54, 1.807) is 30.3 Å². The monoisotopic (exact) mass is 761 g/mol. The molecule has 0 unspecified atom stereocenters. The predicted octanol–water partition coefficient (Wildman–Crippen LogP) is 2.63. The molecule has 0 saturated carbocycles. The van der Waals surface area contributed by atoms with Crippen molar-refractivity contribution in [3.05, 3.63) is 109 Å². The Morgan fingerprint density at radius 1 is 0.848 bits per heavy atom. The Labute approximate surface area is 271 Å². The molecule has 4 rings (SSSR count). The Morgan fingerprint density at radius 3 is 2.02 bits per heavy atom. The number of imide groups is 1. The van der Waals surface area contributed by atoms with E-state index >= 15 is 0 Å². The molecule has 3 aromatic carbocycles. The molecule has 7 nitrogen and oxygen atoms in total. The number of methoxy groups -OCH3 is 1. The van der Waals surface area contributed by atoms with Crippen LogP contribution in [0.25, 0.3) is 0 Å². The number of halogens is 7. The Morgan fingerprint density at radius 2 is 1.46 bits per heavy atom. The van der Waals surface area contributed by atoms with Gasteiger partial charge in [-0.05, 0) is 47.5 Å². The summed E-state index contributed by atoms with van der Waals surface area (Å²) in [6.07, 6.45) is -10.0. The third-order valence-electron chi connectivity index (χ3n) is 7.06. The minimum absolute atomic E-state index is 0.00971. The van der Waals surface area contributed by atoms with E-state index in [-0.39, 0.29) is 34.2 Å². The van der Waals surface area contributed by atoms with Crippen molar-refractivity contribution >= 4 is 17.7 Å². The van der Waals surface area contributed by atoms with Crippen molar-refractivity contribution in [3.8, 4) is 5.75 Å². The molecule has 244 valence electrons. The van der Waals surface area contributed by atoms with Crippen LogP contribution in [0, 0.1) is 7.14 Å². The molecule has 1 aliphatic rings. The lowest BCUT2D eigenvalue weighted by atomic mass is 9.90. The van der Waals surface area contributed by atoms with Crippen LogP contribution in [-0.4, -0.2) is 60.6 Å². The van der Waals surface area contributed by atoms with Crippen LogP contribution in [0.2, 0.25) is 0 Å². The molecule has 14 heteroatoms. The maximum atomic E-state index is 14.9. The Kier molecular flexibility index (Phi) is 10.8. The first kappa shape index (κ1) is 34.9. The zero-order chi connectivity index (χ0) is 33.7. The van der Waals surface area contributed by atoms with Gasteiger partial charge in [-0.2, -0.15) is 26.3 Å². The smallest absolute Gasteiger partial charge is 0.431 e. The second-order valence-electron chi connectivity index (χ2n) is 10.2. The van der Waals surface area contributed by atoms with E-state index in [9.17, 15) is 40.7 Å². The molecule has 1 heterocycles. The van der Waals surface area contributed by atoms with Gasteiger partial charge in [0.1, 0.15) is 5.75 Å². The highest BCUT2D eigenvalue weighted by Crippen LogP contribution is 2.53. The molecule has 0 spiro atoms. The fourth-order valence-corrected chi connectivity index (χ4v) is 7.24. The van der Waals surface area contributed by atoms with E-state index in [2.05, 4.69) is 0 Å². The predicted molar refractivity (Wildman–Crippen MR) is 149 cm³/mol. The molecule has 0 aliphatic carbocycles. The average molecular weight is 761 g/mol. The molecule has 3 amide bonds. The molecule has 0 saturated heterocycles. The highest BCUT2D eigenvalue weighted by molar-refractivity contribution is 6.13. The van der Waals surface area contributed by atoms with E-state index in [1.165, 1.54) is 50.6 Å². The number of hydrogen-bond acceptors (Lipinski definition) is 5. The SMILES string of the molecule is COc1ccc([I+]c2ccc(CN(C)C(=O)CCN3C(=O)C=CC3=O)cc2C(OCc2ccccc2)(C(F)(F)F)C(F)(F)F)cc1. The summed E-state index contributed by atoms with van der Waals surface area (Å²) in [5.41, 5.74) is -5.70. The van der Waals surface area contributed by atoms with Gasteiger partial charge in [-0.3, -0.25) is 19.3 Å². The van der Waals surface area contributed by atoms with Crippen molar-refractivity contribution < 1.29 is 71.4 Å². The fourth-order valence-electron chi connectivity index (χ4n) is 4.66. The van der Waals surface area contributed by atoms with E-state index < -0.39 is 69.1 Å². The number of carbonyl (C=O) groups is 3. The van der Waals surface area contributed by atoms with Crippen LogP contribution < -0.4 is 25.9 Å². The number of alkyl halides is 6. The van der Waals surface area contributed by atoms with Gasteiger partial charge in [0.2, 0.25) is 9.48 Å². The second-order valence-corrected chi connectivity index (χ2v) is 13.1. The molecular formula is C32H28F6IN2O5+. The van der Waals surface area contributed by atoms with Gasteiger partial charge in [-0.25, -0.2) is 0 Å². The number of nitrogens with zero attached hydrogens (tertiary/aromatic N) is 2. The first-order valence-electron chi connectivity index (χ1n) is 13.7. The van der Waals surface area contributed by atoms with E-state index in [0.29, 0.717) is 9.32 Å². The number of benzene rings is 3. The van der Waals surface area contributed by atoms with Gasteiger partial charge in [0.05, 0.1) is 19.3 Å². The lowest BCUT2D eigenvalue weighted by molar-refractivity contribution is -0.600. The highest BCUT2D eigenvalue weighted by atomic mass is 127. The van der Waals surface area contributed by atoms with Crippen LogP contribution in [0.15, 0.2) is 84.9 Å². The summed E-state index contributed by atoms with van der Waals surface area (Å²) in [4.78, 5) is 38.3. The third kappa shape index (κ3) is 7.71. The minimum atomic E-state index is -5.93. The van der Waals surface area contributed by atoms with Crippen LogP contribution in [0.1, 0.15) is 23.1 Å². The van der Waals surface area contributed by atoms with Crippen molar-refractivity contribution in [2.75, 3.05) is 20.7 Å². The lowest BCUT2D eigenvalue weighted by Crippen LogP contribution is -3.61. The van der Waals surface area contributed by atoms with Gasteiger partial charge < -0.3 is 14.4 Å².